The summed E-state index contributed by atoms with van der Waals surface area (Å²) in [5.41, 5.74) is 3.25. The smallest absolute Gasteiger partial charge is 0.407 e. The van der Waals surface area contributed by atoms with Crippen molar-refractivity contribution in [1.29, 1.82) is 5.26 Å². The number of likely N-dealkylation sites (tertiary alicyclic amines) is 1. The van der Waals surface area contributed by atoms with E-state index in [1.165, 1.54) is 16.8 Å². The van der Waals surface area contributed by atoms with Gasteiger partial charge in [-0.2, -0.15) is 10.4 Å². The number of alkyl carbamates (subject to hydrolysis) is 1. The van der Waals surface area contributed by atoms with Crippen molar-refractivity contribution in [2.75, 3.05) is 13.1 Å². The first-order valence-corrected chi connectivity index (χ1v) is 13.4. The van der Waals surface area contributed by atoms with Crippen LogP contribution in [0, 0.1) is 17.1 Å². The van der Waals surface area contributed by atoms with Crippen LogP contribution in [0.1, 0.15) is 39.2 Å². The van der Waals surface area contributed by atoms with E-state index in [0.29, 0.717) is 35.4 Å². The number of piperidine rings is 1. The van der Waals surface area contributed by atoms with Crippen LogP contribution in [-0.4, -0.2) is 66.4 Å². The summed E-state index contributed by atoms with van der Waals surface area (Å²) in [5, 5.41) is 25.0. The minimum Gasteiger partial charge on any atom is -0.444 e. The van der Waals surface area contributed by atoms with Crippen molar-refractivity contribution >= 4 is 23.0 Å². The summed E-state index contributed by atoms with van der Waals surface area (Å²) in [6.45, 7) is 6.28. The van der Waals surface area contributed by atoms with Gasteiger partial charge in [-0.15, -0.1) is 5.10 Å². The number of fused-ring (bicyclic) bond motifs is 1. The summed E-state index contributed by atoms with van der Waals surface area (Å²) in [6.07, 6.45) is 2.73. The molecule has 12 heteroatoms. The molecule has 1 aliphatic rings. The quantitative estimate of drug-likeness (QED) is 0.391. The molecule has 1 N–H and O–H groups in total. The number of hydrogen-bond donors (Lipinski definition) is 1. The molecule has 1 fully saturated rings. The van der Waals surface area contributed by atoms with Crippen molar-refractivity contribution in [3.63, 3.8) is 0 Å². The fourth-order valence-electron chi connectivity index (χ4n) is 4.92. The van der Waals surface area contributed by atoms with Crippen molar-refractivity contribution < 1.29 is 18.7 Å². The average molecular weight is 559 g/mol. The molecule has 4 aromatic rings. The average Bonchev–Trinajstić information content (AvgIpc) is 3.50. The van der Waals surface area contributed by atoms with Crippen molar-refractivity contribution in [3.05, 3.63) is 54.0 Å². The molecule has 1 atom stereocenters. The van der Waals surface area contributed by atoms with E-state index >= 15 is 0 Å². The SMILES string of the molecule is Cn1nnc2cc(-c3cn(CC(=O)N4CCC[C@@H](NC(=O)OC(C)(C)C)C4)nc3-c3ccc(C#N)c(F)c3)ccc21. The number of carbonyl (C=O) groups excluding carboxylic acids is 2. The number of aryl methyl sites for hydroxylation is 1. The second-order valence-electron chi connectivity index (χ2n) is 11.1. The molecule has 0 aliphatic carbocycles. The molecule has 0 bridgehead atoms. The largest absolute Gasteiger partial charge is 0.444 e. The van der Waals surface area contributed by atoms with Crippen molar-refractivity contribution in [2.45, 2.75) is 51.8 Å². The fraction of sp³-hybridized carbons (Fsp3) is 0.379. The number of halogens is 1. The number of rotatable bonds is 5. The van der Waals surface area contributed by atoms with E-state index < -0.39 is 17.5 Å². The van der Waals surface area contributed by atoms with E-state index in [1.54, 1.807) is 49.7 Å². The first-order chi connectivity index (χ1) is 19.5. The van der Waals surface area contributed by atoms with Crippen LogP contribution in [0.15, 0.2) is 42.6 Å². The van der Waals surface area contributed by atoms with Crippen LogP contribution in [-0.2, 0) is 23.1 Å². The standard InChI is InChI=1S/C29H31FN8O3/c1-29(2,3)41-28(40)32-21-6-5-11-37(15-21)26(39)17-38-16-22(18-9-10-25-24(13-18)33-35-36(25)4)27(34-38)19-7-8-20(14-31)23(30)12-19/h7-10,12-13,16,21H,5-6,11,15,17H2,1-4H3,(H,32,40)/t21-/m1/s1. The zero-order valence-corrected chi connectivity index (χ0v) is 23.4. The van der Waals surface area contributed by atoms with Gasteiger partial charge in [-0.3, -0.25) is 9.48 Å². The maximum absolute atomic E-state index is 14.6. The van der Waals surface area contributed by atoms with Gasteiger partial charge < -0.3 is 15.0 Å². The highest BCUT2D eigenvalue weighted by Crippen LogP contribution is 2.33. The molecule has 0 unspecified atom stereocenters. The van der Waals surface area contributed by atoms with E-state index in [0.717, 1.165) is 23.9 Å². The van der Waals surface area contributed by atoms with E-state index in [9.17, 15) is 14.0 Å². The van der Waals surface area contributed by atoms with Crippen molar-refractivity contribution in [2.24, 2.45) is 7.05 Å². The second kappa shape index (κ2) is 11.0. The molecular formula is C29H31FN8O3. The molecule has 1 saturated heterocycles. The first-order valence-electron chi connectivity index (χ1n) is 13.4. The third-order valence-electron chi connectivity index (χ3n) is 6.84. The third-order valence-corrected chi connectivity index (χ3v) is 6.84. The topological polar surface area (TPSA) is 131 Å². The molecule has 5 rings (SSSR count). The van der Waals surface area contributed by atoms with Gasteiger partial charge in [0.2, 0.25) is 5.91 Å². The Morgan fingerprint density at radius 2 is 1.98 bits per heavy atom. The number of nitrogens with zero attached hydrogens (tertiary/aromatic N) is 7. The summed E-state index contributed by atoms with van der Waals surface area (Å²) in [4.78, 5) is 27.3. The molecule has 0 spiro atoms. The summed E-state index contributed by atoms with van der Waals surface area (Å²) < 4.78 is 23.1. The van der Waals surface area contributed by atoms with Crippen LogP contribution in [0.3, 0.4) is 0 Å². The lowest BCUT2D eigenvalue weighted by Gasteiger charge is -2.33. The molecule has 1 aliphatic heterocycles. The number of nitriles is 1. The first kappa shape index (κ1) is 27.8. The van der Waals surface area contributed by atoms with Crippen molar-refractivity contribution in [3.8, 4) is 28.5 Å². The van der Waals surface area contributed by atoms with Crippen LogP contribution in [0.2, 0.25) is 0 Å². The van der Waals surface area contributed by atoms with Gasteiger partial charge in [-0.05, 0) is 63.4 Å². The van der Waals surface area contributed by atoms with Crippen LogP contribution >= 0.6 is 0 Å². The van der Waals surface area contributed by atoms with Gasteiger partial charge in [-0.25, -0.2) is 13.9 Å². The van der Waals surface area contributed by atoms with Crippen LogP contribution < -0.4 is 5.32 Å². The van der Waals surface area contributed by atoms with Gasteiger partial charge in [0.1, 0.15) is 35.2 Å². The van der Waals surface area contributed by atoms with E-state index in [-0.39, 0.29) is 24.1 Å². The summed E-state index contributed by atoms with van der Waals surface area (Å²) in [6, 6.07) is 11.6. The lowest BCUT2D eigenvalue weighted by atomic mass is 10.0. The normalized spacial score (nSPS) is 15.5. The Morgan fingerprint density at radius 1 is 1.20 bits per heavy atom. The number of nitrogens with one attached hydrogen (secondary N) is 1. The number of carbonyl (C=O) groups is 2. The van der Waals surface area contributed by atoms with Crippen LogP contribution in [0.25, 0.3) is 33.4 Å². The number of hydrogen-bond acceptors (Lipinski definition) is 7. The second-order valence-corrected chi connectivity index (χ2v) is 11.1. The van der Waals surface area contributed by atoms with Gasteiger partial charge in [0.15, 0.2) is 0 Å². The predicted molar refractivity (Wildman–Crippen MR) is 149 cm³/mol. The maximum Gasteiger partial charge on any atom is 0.407 e. The minimum absolute atomic E-state index is 0.0433. The van der Waals surface area contributed by atoms with E-state index in [1.807, 2.05) is 24.3 Å². The molecule has 2 aromatic heterocycles. The molecule has 212 valence electrons. The number of benzene rings is 2. The summed E-state index contributed by atoms with van der Waals surface area (Å²) in [7, 11) is 1.80. The van der Waals surface area contributed by atoms with Gasteiger partial charge in [0.05, 0.1) is 11.1 Å². The zero-order chi connectivity index (χ0) is 29.3. The molecule has 11 nitrogen and oxygen atoms in total. The molecule has 3 heterocycles. The fourth-order valence-corrected chi connectivity index (χ4v) is 4.92. The Kier molecular flexibility index (Phi) is 7.45. The minimum atomic E-state index is -0.650. The zero-order valence-electron chi connectivity index (χ0n) is 23.4. The predicted octanol–water partition coefficient (Wildman–Crippen LogP) is 4.03. The van der Waals surface area contributed by atoms with Crippen molar-refractivity contribution in [1.82, 2.24) is 35.0 Å². The highest BCUT2D eigenvalue weighted by Gasteiger charge is 2.27. The molecule has 2 amide bonds. The highest BCUT2D eigenvalue weighted by atomic mass is 19.1. The van der Waals surface area contributed by atoms with Gasteiger partial charge in [0.25, 0.3) is 0 Å². The van der Waals surface area contributed by atoms with E-state index in [4.69, 9.17) is 10.00 Å². The van der Waals surface area contributed by atoms with Crippen LogP contribution in [0.5, 0.6) is 0 Å². The Morgan fingerprint density at radius 3 is 2.71 bits per heavy atom. The lowest BCUT2D eigenvalue weighted by Crippen LogP contribution is -2.51. The van der Waals surface area contributed by atoms with Crippen LogP contribution in [0.4, 0.5) is 9.18 Å². The number of aromatic nitrogens is 5. The van der Waals surface area contributed by atoms with Gasteiger partial charge in [0, 0.05) is 43.5 Å². The number of ether oxygens (including phenoxy) is 1. The summed E-state index contributed by atoms with van der Waals surface area (Å²) >= 11 is 0. The maximum atomic E-state index is 14.6. The number of amides is 2. The molecule has 0 saturated carbocycles. The van der Waals surface area contributed by atoms with E-state index in [2.05, 4.69) is 20.7 Å². The van der Waals surface area contributed by atoms with Gasteiger partial charge in [-0.1, -0.05) is 17.3 Å². The Balaban J connectivity index is 1.40. The Labute approximate surface area is 236 Å². The summed E-state index contributed by atoms with van der Waals surface area (Å²) in [5.74, 6) is -0.806. The molecule has 0 radical (unpaired) electrons. The third kappa shape index (κ3) is 6.19. The molecule has 41 heavy (non-hydrogen) atoms. The molecule has 2 aromatic carbocycles. The Hall–Kier alpha value is -4.79. The Bertz CT molecular complexity index is 1660. The molecular weight excluding hydrogens is 527 g/mol. The lowest BCUT2D eigenvalue weighted by molar-refractivity contribution is -0.133. The monoisotopic (exact) mass is 558 g/mol. The highest BCUT2D eigenvalue weighted by molar-refractivity contribution is 5.87. The van der Waals surface area contributed by atoms with Gasteiger partial charge >= 0.3 is 6.09 Å².